The van der Waals surface area contributed by atoms with Crippen LogP contribution in [0.4, 0.5) is 4.79 Å². The van der Waals surface area contributed by atoms with Crippen molar-refractivity contribution >= 4 is 12.1 Å². The number of aliphatic imine (C=N–C) groups is 1. The Morgan fingerprint density at radius 3 is 2.41 bits per heavy atom. The fraction of sp³-hybridized carbons (Fsp3) is 0.737. The van der Waals surface area contributed by atoms with Crippen LogP contribution in [0.5, 0.6) is 0 Å². The van der Waals surface area contributed by atoms with Crippen LogP contribution in [0.2, 0.25) is 0 Å². The van der Waals surface area contributed by atoms with E-state index < -0.39 is 17.2 Å². The van der Waals surface area contributed by atoms with Crippen LogP contribution < -0.4 is 16.0 Å². The van der Waals surface area contributed by atoms with E-state index in [4.69, 9.17) is 9.73 Å². The highest BCUT2D eigenvalue weighted by atomic mass is 16.6. The van der Waals surface area contributed by atoms with Gasteiger partial charge in [-0.2, -0.15) is 5.10 Å². The number of nitrogens with one attached hydrogen (secondary N) is 3. The zero-order valence-corrected chi connectivity index (χ0v) is 17.6. The maximum absolute atomic E-state index is 12.2. The molecule has 0 unspecified atom stereocenters. The predicted octanol–water partition coefficient (Wildman–Crippen LogP) is 2.52. The van der Waals surface area contributed by atoms with Gasteiger partial charge >= 0.3 is 6.09 Å². The number of ether oxygens (including phenoxy) is 1. The van der Waals surface area contributed by atoms with Crippen LogP contribution in [-0.2, 0) is 11.3 Å². The topological polar surface area (TPSA) is 92.6 Å². The summed E-state index contributed by atoms with van der Waals surface area (Å²) in [6.45, 7) is 14.4. The Balaban J connectivity index is 2.70. The first kappa shape index (κ1) is 22.8. The van der Waals surface area contributed by atoms with Crippen LogP contribution in [0, 0.1) is 0 Å². The van der Waals surface area contributed by atoms with Crippen LogP contribution in [0.15, 0.2) is 23.5 Å². The summed E-state index contributed by atoms with van der Waals surface area (Å²) < 4.78 is 7.28. The number of amides is 1. The molecule has 27 heavy (non-hydrogen) atoms. The molecular weight excluding hydrogens is 344 g/mol. The zero-order chi connectivity index (χ0) is 20.3. The Labute approximate surface area is 163 Å². The smallest absolute Gasteiger partial charge is 0.408 e. The molecule has 8 heteroatoms. The second-order valence-corrected chi connectivity index (χ2v) is 7.51. The van der Waals surface area contributed by atoms with Crippen molar-refractivity contribution in [3.63, 3.8) is 0 Å². The molecule has 0 atom stereocenters. The van der Waals surface area contributed by atoms with Crippen LogP contribution >= 0.6 is 0 Å². The molecule has 1 heterocycles. The van der Waals surface area contributed by atoms with Gasteiger partial charge in [0.25, 0.3) is 0 Å². The van der Waals surface area contributed by atoms with Gasteiger partial charge in [0, 0.05) is 25.5 Å². The Morgan fingerprint density at radius 1 is 1.19 bits per heavy atom. The highest BCUT2D eigenvalue weighted by Crippen LogP contribution is 2.17. The molecule has 1 amide bonds. The van der Waals surface area contributed by atoms with Gasteiger partial charge in [-0.25, -0.2) is 4.79 Å². The van der Waals surface area contributed by atoms with Gasteiger partial charge in [-0.05, 0) is 46.6 Å². The number of carbonyl (C=O) groups excluding carboxylic acids is 1. The number of nitrogens with zero attached hydrogens (tertiary/aromatic N) is 3. The molecule has 1 aromatic heterocycles. The number of hydrogen-bond acceptors (Lipinski definition) is 4. The minimum absolute atomic E-state index is 0.405. The van der Waals surface area contributed by atoms with Gasteiger partial charge in [-0.1, -0.05) is 13.8 Å². The highest BCUT2D eigenvalue weighted by molar-refractivity contribution is 5.79. The van der Waals surface area contributed by atoms with Gasteiger partial charge in [-0.15, -0.1) is 0 Å². The molecule has 0 bridgehead atoms. The van der Waals surface area contributed by atoms with E-state index in [2.05, 4.69) is 34.9 Å². The largest absolute Gasteiger partial charge is 0.444 e. The van der Waals surface area contributed by atoms with E-state index in [1.165, 1.54) is 0 Å². The molecule has 0 aliphatic rings. The van der Waals surface area contributed by atoms with Crippen molar-refractivity contribution in [2.45, 2.75) is 72.1 Å². The summed E-state index contributed by atoms with van der Waals surface area (Å²) in [4.78, 5) is 16.9. The molecule has 0 aliphatic heterocycles. The summed E-state index contributed by atoms with van der Waals surface area (Å²) in [6.07, 6.45) is 4.81. The predicted molar refractivity (Wildman–Crippen MR) is 109 cm³/mol. The average Bonchev–Trinajstić information content (AvgIpc) is 3.10. The number of hydrogen-bond donors (Lipinski definition) is 3. The Morgan fingerprint density at radius 2 is 1.89 bits per heavy atom. The minimum Gasteiger partial charge on any atom is -0.444 e. The molecule has 0 saturated heterocycles. The van der Waals surface area contributed by atoms with E-state index in [-0.39, 0.29) is 0 Å². The van der Waals surface area contributed by atoms with Crippen molar-refractivity contribution in [1.82, 2.24) is 25.7 Å². The van der Waals surface area contributed by atoms with E-state index in [1.54, 1.807) is 6.20 Å². The molecule has 0 saturated carbocycles. The van der Waals surface area contributed by atoms with Gasteiger partial charge in [0.05, 0.1) is 18.6 Å². The third kappa shape index (κ3) is 8.79. The summed E-state index contributed by atoms with van der Waals surface area (Å²) in [5.74, 6) is 0.724. The minimum atomic E-state index is -0.524. The average molecular weight is 381 g/mol. The number of carbonyl (C=O) groups is 1. The van der Waals surface area contributed by atoms with Crippen LogP contribution in [0.25, 0.3) is 0 Å². The van der Waals surface area contributed by atoms with E-state index >= 15 is 0 Å². The maximum atomic E-state index is 12.2. The summed E-state index contributed by atoms with van der Waals surface area (Å²) in [5, 5.41) is 13.8. The van der Waals surface area contributed by atoms with Crippen molar-refractivity contribution in [3.8, 4) is 0 Å². The second-order valence-electron chi connectivity index (χ2n) is 7.51. The summed E-state index contributed by atoms with van der Waals surface area (Å²) in [6, 6.07) is 1.90. The third-order valence-electron chi connectivity index (χ3n) is 4.20. The van der Waals surface area contributed by atoms with Gasteiger partial charge in [0.2, 0.25) is 0 Å². The Bertz CT molecular complexity index is 574. The second kappa shape index (κ2) is 10.8. The fourth-order valence-electron chi connectivity index (χ4n) is 2.50. The van der Waals surface area contributed by atoms with Crippen LogP contribution in [-0.4, -0.2) is 52.6 Å². The monoisotopic (exact) mass is 380 g/mol. The summed E-state index contributed by atoms with van der Waals surface area (Å²) in [5.41, 5.74) is -0.962. The molecule has 0 aromatic carbocycles. The van der Waals surface area contributed by atoms with Crippen LogP contribution in [0.3, 0.4) is 0 Å². The normalized spacial score (nSPS) is 12.6. The molecular formula is C19H36N6O2. The number of guanidine groups is 1. The molecule has 0 aliphatic carbocycles. The highest BCUT2D eigenvalue weighted by Gasteiger charge is 2.30. The van der Waals surface area contributed by atoms with E-state index in [9.17, 15) is 4.79 Å². The van der Waals surface area contributed by atoms with E-state index in [0.29, 0.717) is 13.1 Å². The molecule has 154 valence electrons. The molecule has 0 fully saturated rings. The Hall–Kier alpha value is -2.25. The van der Waals surface area contributed by atoms with Gasteiger partial charge < -0.3 is 20.7 Å². The first-order chi connectivity index (χ1) is 12.7. The van der Waals surface area contributed by atoms with Crippen molar-refractivity contribution in [2.24, 2.45) is 4.99 Å². The number of aromatic nitrogens is 2. The SMILES string of the molecule is CCNC(=NCC(CC)(CC)NC(=O)OC(C)(C)C)NCCn1cccn1. The van der Waals surface area contributed by atoms with Crippen molar-refractivity contribution in [1.29, 1.82) is 0 Å². The van der Waals surface area contributed by atoms with Crippen molar-refractivity contribution in [3.05, 3.63) is 18.5 Å². The summed E-state index contributed by atoms with van der Waals surface area (Å²) in [7, 11) is 0. The zero-order valence-electron chi connectivity index (χ0n) is 17.6. The lowest BCUT2D eigenvalue weighted by Crippen LogP contribution is -2.52. The Kier molecular flexibility index (Phi) is 9.11. The molecule has 1 rings (SSSR count). The van der Waals surface area contributed by atoms with Gasteiger partial charge in [0.1, 0.15) is 5.60 Å². The molecule has 3 N–H and O–H groups in total. The molecule has 1 aromatic rings. The fourth-order valence-corrected chi connectivity index (χ4v) is 2.50. The molecule has 0 spiro atoms. The lowest BCUT2D eigenvalue weighted by molar-refractivity contribution is 0.0452. The third-order valence-corrected chi connectivity index (χ3v) is 4.20. The van der Waals surface area contributed by atoms with Gasteiger partial charge in [-0.3, -0.25) is 9.67 Å². The van der Waals surface area contributed by atoms with E-state index in [0.717, 1.165) is 31.9 Å². The van der Waals surface area contributed by atoms with Crippen LogP contribution in [0.1, 0.15) is 54.4 Å². The maximum Gasteiger partial charge on any atom is 0.408 e. The lowest BCUT2D eigenvalue weighted by atomic mass is 9.93. The standard InChI is InChI=1S/C19H36N6O2/c1-7-19(8-2,24-17(26)27-18(4,5)6)15-22-16(20-9-3)21-12-14-25-13-10-11-23-25/h10-11,13H,7-9,12,14-15H2,1-6H3,(H,24,26)(H2,20,21,22). The van der Waals surface area contributed by atoms with Crippen molar-refractivity contribution in [2.75, 3.05) is 19.6 Å². The summed E-state index contributed by atoms with van der Waals surface area (Å²) >= 11 is 0. The number of alkyl carbamates (subject to hydrolysis) is 1. The lowest BCUT2D eigenvalue weighted by Gasteiger charge is -2.32. The molecule has 8 nitrogen and oxygen atoms in total. The molecule has 0 radical (unpaired) electrons. The first-order valence-electron chi connectivity index (χ1n) is 9.74. The van der Waals surface area contributed by atoms with E-state index in [1.807, 2.05) is 44.6 Å². The quantitative estimate of drug-likeness (QED) is 0.452. The first-order valence-corrected chi connectivity index (χ1v) is 9.74. The van der Waals surface area contributed by atoms with Gasteiger partial charge in [0.15, 0.2) is 5.96 Å². The van der Waals surface area contributed by atoms with Crippen molar-refractivity contribution < 1.29 is 9.53 Å². The number of rotatable bonds is 9.